The SMILES string of the molecule is C=CCCC[n+]1[c-]n(-c2c(C)cc(C)cc2C)cc1. The number of allylic oxidation sites excluding steroid dienone is 1. The summed E-state index contributed by atoms with van der Waals surface area (Å²) in [5.74, 6) is 0. The van der Waals surface area contributed by atoms with E-state index in [1.807, 2.05) is 6.08 Å². The van der Waals surface area contributed by atoms with Crippen LogP contribution in [-0.2, 0) is 6.54 Å². The van der Waals surface area contributed by atoms with E-state index in [9.17, 15) is 0 Å². The van der Waals surface area contributed by atoms with Crippen molar-refractivity contribution in [1.29, 1.82) is 0 Å². The number of unbranched alkanes of at least 4 members (excludes halogenated alkanes) is 1. The number of aryl methyl sites for hydroxylation is 4. The van der Waals surface area contributed by atoms with Gasteiger partial charge in [0, 0.05) is 12.4 Å². The molecule has 2 nitrogen and oxygen atoms in total. The van der Waals surface area contributed by atoms with Crippen molar-refractivity contribution in [2.75, 3.05) is 0 Å². The molecular formula is C17H22N2. The third kappa shape index (κ3) is 3.14. The van der Waals surface area contributed by atoms with Gasteiger partial charge in [-0.05, 0) is 44.7 Å². The Morgan fingerprint density at radius 2 is 1.95 bits per heavy atom. The van der Waals surface area contributed by atoms with E-state index in [0.717, 1.165) is 19.4 Å². The highest BCUT2D eigenvalue weighted by molar-refractivity contribution is 5.48. The minimum atomic E-state index is 0.989. The molecule has 0 spiro atoms. The van der Waals surface area contributed by atoms with Gasteiger partial charge in [0.1, 0.15) is 0 Å². The van der Waals surface area contributed by atoms with Crippen molar-refractivity contribution in [3.8, 4) is 5.69 Å². The van der Waals surface area contributed by atoms with E-state index in [1.54, 1.807) is 0 Å². The summed E-state index contributed by atoms with van der Waals surface area (Å²) >= 11 is 0. The monoisotopic (exact) mass is 254 g/mol. The van der Waals surface area contributed by atoms with Crippen LogP contribution in [0.1, 0.15) is 29.5 Å². The quantitative estimate of drug-likeness (QED) is 0.334. The first kappa shape index (κ1) is 13.6. The smallest absolute Gasteiger partial charge is 0.243 e. The van der Waals surface area contributed by atoms with Crippen molar-refractivity contribution >= 4 is 0 Å². The van der Waals surface area contributed by atoms with Crippen LogP contribution >= 0.6 is 0 Å². The average molecular weight is 254 g/mol. The summed E-state index contributed by atoms with van der Waals surface area (Å²) in [6.07, 6.45) is 11.7. The number of imidazole rings is 1. The maximum absolute atomic E-state index is 3.75. The fraction of sp³-hybridized carbons (Fsp3) is 0.353. The Labute approximate surface area is 116 Å². The molecule has 0 aliphatic heterocycles. The largest absolute Gasteiger partial charge is 0.326 e. The highest BCUT2D eigenvalue weighted by Crippen LogP contribution is 2.19. The number of benzene rings is 1. The molecule has 100 valence electrons. The average Bonchev–Trinajstić information content (AvgIpc) is 2.76. The molecule has 0 aliphatic rings. The molecule has 2 aromatic rings. The molecule has 19 heavy (non-hydrogen) atoms. The Morgan fingerprint density at radius 3 is 2.58 bits per heavy atom. The normalized spacial score (nSPS) is 10.7. The Hall–Kier alpha value is -1.83. The maximum Gasteiger partial charge on any atom is 0.243 e. The van der Waals surface area contributed by atoms with Crippen LogP contribution in [-0.4, -0.2) is 4.57 Å². The minimum Gasteiger partial charge on any atom is -0.326 e. The summed E-state index contributed by atoms with van der Waals surface area (Å²) in [6, 6.07) is 4.44. The first-order valence-electron chi connectivity index (χ1n) is 6.81. The molecule has 1 aromatic heterocycles. The van der Waals surface area contributed by atoms with Crippen molar-refractivity contribution in [3.63, 3.8) is 0 Å². The minimum absolute atomic E-state index is 0.989. The highest BCUT2D eigenvalue weighted by atomic mass is 15.1. The van der Waals surface area contributed by atoms with Gasteiger partial charge in [-0.3, -0.25) is 0 Å². The van der Waals surface area contributed by atoms with Gasteiger partial charge in [-0.15, -0.1) is 6.58 Å². The lowest BCUT2D eigenvalue weighted by Gasteiger charge is -2.12. The number of rotatable bonds is 5. The van der Waals surface area contributed by atoms with Gasteiger partial charge in [-0.25, -0.2) is 0 Å². The molecule has 0 atom stereocenters. The van der Waals surface area contributed by atoms with Crippen LogP contribution in [0.4, 0.5) is 0 Å². The summed E-state index contributed by atoms with van der Waals surface area (Å²) in [5, 5.41) is 0. The second-order valence-corrected chi connectivity index (χ2v) is 5.14. The zero-order valence-electron chi connectivity index (χ0n) is 12.1. The Balaban J connectivity index is 2.25. The van der Waals surface area contributed by atoms with Gasteiger partial charge in [0.2, 0.25) is 6.33 Å². The van der Waals surface area contributed by atoms with E-state index >= 15 is 0 Å². The molecular weight excluding hydrogens is 232 g/mol. The van der Waals surface area contributed by atoms with Crippen LogP contribution in [0.2, 0.25) is 0 Å². The summed E-state index contributed by atoms with van der Waals surface area (Å²) < 4.78 is 4.21. The van der Waals surface area contributed by atoms with Crippen LogP contribution in [0, 0.1) is 27.1 Å². The van der Waals surface area contributed by atoms with E-state index in [1.165, 1.54) is 22.4 Å². The van der Waals surface area contributed by atoms with Crippen molar-refractivity contribution < 1.29 is 4.57 Å². The van der Waals surface area contributed by atoms with Gasteiger partial charge in [-0.2, -0.15) is 0 Å². The molecule has 2 rings (SSSR count). The van der Waals surface area contributed by atoms with Gasteiger partial charge in [-0.1, -0.05) is 23.8 Å². The first-order valence-corrected chi connectivity index (χ1v) is 6.81. The topological polar surface area (TPSA) is 8.81 Å². The fourth-order valence-corrected chi connectivity index (χ4v) is 2.56. The van der Waals surface area contributed by atoms with Crippen molar-refractivity contribution in [2.24, 2.45) is 0 Å². The maximum atomic E-state index is 3.75. The zero-order chi connectivity index (χ0) is 13.8. The summed E-state index contributed by atoms with van der Waals surface area (Å²) in [7, 11) is 0. The predicted molar refractivity (Wildman–Crippen MR) is 78.4 cm³/mol. The van der Waals surface area contributed by atoms with E-state index in [2.05, 4.69) is 67.3 Å². The van der Waals surface area contributed by atoms with E-state index in [-0.39, 0.29) is 0 Å². The second-order valence-electron chi connectivity index (χ2n) is 5.14. The van der Waals surface area contributed by atoms with Crippen molar-refractivity contribution in [2.45, 2.75) is 40.2 Å². The second kappa shape index (κ2) is 5.87. The van der Waals surface area contributed by atoms with E-state index in [4.69, 9.17) is 0 Å². The molecule has 0 fully saturated rings. The van der Waals surface area contributed by atoms with Gasteiger partial charge in [0.05, 0.1) is 12.2 Å². The van der Waals surface area contributed by atoms with Crippen LogP contribution in [0.5, 0.6) is 0 Å². The Morgan fingerprint density at radius 1 is 1.26 bits per heavy atom. The lowest BCUT2D eigenvalue weighted by atomic mass is 10.1. The lowest BCUT2D eigenvalue weighted by Crippen LogP contribution is -2.31. The van der Waals surface area contributed by atoms with Crippen molar-refractivity contribution in [3.05, 3.63) is 60.2 Å². The molecule has 2 heteroatoms. The molecule has 0 unspecified atom stereocenters. The standard InChI is InChI=1S/C17H22N2/c1-5-6-7-8-18-9-10-19(13-18)17-15(3)11-14(2)12-16(17)4/h5,9-12H,1,6-8H2,2-4H3. The molecule has 0 bridgehead atoms. The molecule has 1 aromatic carbocycles. The van der Waals surface area contributed by atoms with Gasteiger partial charge >= 0.3 is 0 Å². The summed E-state index contributed by atoms with van der Waals surface area (Å²) in [5.41, 5.74) is 5.14. The van der Waals surface area contributed by atoms with Gasteiger partial charge in [0.25, 0.3) is 0 Å². The molecule has 1 heterocycles. The fourth-order valence-electron chi connectivity index (χ4n) is 2.56. The lowest BCUT2D eigenvalue weighted by molar-refractivity contribution is -0.700. The van der Waals surface area contributed by atoms with E-state index in [0.29, 0.717) is 0 Å². The summed E-state index contributed by atoms with van der Waals surface area (Å²) in [4.78, 5) is 0. The Bertz CT molecular complexity index is 556. The third-order valence-electron chi connectivity index (χ3n) is 3.32. The van der Waals surface area contributed by atoms with Gasteiger partial charge in [0.15, 0.2) is 0 Å². The number of aromatic nitrogens is 2. The van der Waals surface area contributed by atoms with Crippen LogP contribution < -0.4 is 4.57 Å². The third-order valence-corrected chi connectivity index (χ3v) is 3.32. The van der Waals surface area contributed by atoms with Crippen LogP contribution in [0.25, 0.3) is 5.69 Å². The number of hydrogen-bond donors (Lipinski definition) is 0. The first-order chi connectivity index (χ1) is 9.11. The predicted octanol–water partition coefficient (Wildman–Crippen LogP) is 3.46. The number of hydrogen-bond acceptors (Lipinski definition) is 0. The summed E-state index contributed by atoms with van der Waals surface area (Å²) in [6.45, 7) is 11.2. The molecule has 0 aliphatic carbocycles. The van der Waals surface area contributed by atoms with Crippen LogP contribution in [0.15, 0.2) is 37.2 Å². The van der Waals surface area contributed by atoms with E-state index < -0.39 is 0 Å². The van der Waals surface area contributed by atoms with Crippen LogP contribution in [0.3, 0.4) is 0 Å². The zero-order valence-corrected chi connectivity index (χ0v) is 12.1. The van der Waals surface area contributed by atoms with Crippen molar-refractivity contribution in [1.82, 2.24) is 4.57 Å². The molecule has 0 saturated heterocycles. The molecule has 0 saturated carbocycles. The highest BCUT2D eigenvalue weighted by Gasteiger charge is 2.06. The van der Waals surface area contributed by atoms with Gasteiger partial charge < -0.3 is 9.13 Å². The molecule has 0 N–H and O–H groups in total. The molecule has 0 amide bonds. The number of nitrogens with zero attached hydrogens (tertiary/aromatic N) is 2. The Kier molecular flexibility index (Phi) is 4.20. The molecule has 0 radical (unpaired) electrons.